The normalized spacial score (nSPS) is 11.7. The molecule has 3 rings (SSSR count). The summed E-state index contributed by atoms with van der Waals surface area (Å²) in [7, 11) is -4.66. The van der Waals surface area contributed by atoms with E-state index in [9.17, 15) is 27.3 Å². The predicted octanol–water partition coefficient (Wildman–Crippen LogP) is 6.00. The van der Waals surface area contributed by atoms with Crippen molar-refractivity contribution in [3.8, 4) is 11.5 Å². The van der Waals surface area contributed by atoms with Gasteiger partial charge in [-0.3, -0.25) is 5.41 Å². The van der Waals surface area contributed by atoms with Crippen LogP contribution >= 0.6 is 7.60 Å². The lowest BCUT2D eigenvalue weighted by molar-refractivity contribution is -0.232. The zero-order valence-electron chi connectivity index (χ0n) is 24.4. The molecule has 0 saturated heterocycles. The Hall–Kier alpha value is -5.44. The van der Waals surface area contributed by atoms with Crippen molar-refractivity contribution >= 4 is 31.3 Å². The van der Waals surface area contributed by atoms with Gasteiger partial charge in [0.25, 0.3) is 0 Å². The summed E-state index contributed by atoms with van der Waals surface area (Å²) in [5, 5.41) is 13.2. The Balaban J connectivity index is 1.99. The van der Waals surface area contributed by atoms with Crippen molar-refractivity contribution in [2.45, 2.75) is 18.4 Å². The maximum atomic E-state index is 14.6. The minimum Gasteiger partial charge on any atom is -0.428 e. The number of rotatable bonds is 15. The molecule has 0 aliphatic rings. The summed E-state index contributed by atoms with van der Waals surface area (Å²) in [5.74, 6) is -4.83. The summed E-state index contributed by atoms with van der Waals surface area (Å²) in [4.78, 5) is 31.9. The standard InChI is InChI=1S/C28H29F3N7O8P/c29-28(30,31)25(39)44-38(16-18-42-17-15-35-37-34)27(40)43-24(19-20-11-13-21(14-12-20)36-26(32)33)47(41,45-22-7-3-1-4-8-22)46-23-9-5-2-6-10-23/h1-14,24H,15-19H2,(H4,32,33,36). The summed E-state index contributed by atoms with van der Waals surface area (Å²) in [5.41, 5.74) is 14.5. The van der Waals surface area contributed by atoms with Crippen molar-refractivity contribution in [1.82, 2.24) is 5.06 Å². The molecule has 3 aromatic rings. The number of azide groups is 1. The highest BCUT2D eigenvalue weighted by molar-refractivity contribution is 7.55. The van der Waals surface area contributed by atoms with Gasteiger partial charge in [-0.05, 0) is 47.5 Å². The number of carbonyl (C=O) groups is 2. The Morgan fingerprint density at radius 3 is 2.06 bits per heavy atom. The van der Waals surface area contributed by atoms with Crippen LogP contribution in [0, 0.1) is 5.41 Å². The fraction of sp³-hybridized carbons (Fsp3) is 0.250. The SMILES string of the molecule is [N-]=[N+]=NCCOCCN(OC(=O)C(F)(F)F)C(=O)OC(Cc1ccc(NC(=N)N)cc1)P(=O)(Oc1ccccc1)Oc1ccccc1. The van der Waals surface area contributed by atoms with Crippen LogP contribution in [0.3, 0.4) is 0 Å². The van der Waals surface area contributed by atoms with E-state index in [0.717, 1.165) is 0 Å². The van der Waals surface area contributed by atoms with E-state index in [1.54, 1.807) is 36.4 Å². The first-order chi connectivity index (χ1) is 22.4. The van der Waals surface area contributed by atoms with Gasteiger partial charge in [-0.1, -0.05) is 53.6 Å². The number of alkyl halides is 3. The molecule has 3 aromatic carbocycles. The van der Waals surface area contributed by atoms with Gasteiger partial charge in [0.15, 0.2) is 5.96 Å². The van der Waals surface area contributed by atoms with Crippen molar-refractivity contribution in [1.29, 1.82) is 5.41 Å². The second kappa shape index (κ2) is 17.3. The van der Waals surface area contributed by atoms with E-state index in [0.29, 0.717) is 11.3 Å². The second-order valence-electron chi connectivity index (χ2n) is 9.17. The van der Waals surface area contributed by atoms with Crippen molar-refractivity contribution in [2.24, 2.45) is 10.8 Å². The van der Waals surface area contributed by atoms with Gasteiger partial charge in [-0.15, -0.1) is 5.06 Å². The van der Waals surface area contributed by atoms with Gasteiger partial charge in [0.2, 0.25) is 5.85 Å². The summed E-state index contributed by atoms with van der Waals surface area (Å²) >= 11 is 0. The average Bonchev–Trinajstić information content (AvgIpc) is 3.02. The highest BCUT2D eigenvalue weighted by Gasteiger charge is 2.46. The second-order valence-corrected chi connectivity index (χ2v) is 11.2. The number of para-hydroxylation sites is 2. The fourth-order valence-corrected chi connectivity index (χ4v) is 5.35. The first-order valence-electron chi connectivity index (χ1n) is 13.5. The molecular formula is C28H29F3N7O8P. The van der Waals surface area contributed by atoms with E-state index < -0.39 is 44.8 Å². The number of hydroxylamine groups is 2. The van der Waals surface area contributed by atoms with Crippen LogP contribution in [0.2, 0.25) is 0 Å². The number of hydrogen-bond acceptors (Lipinski definition) is 10. The van der Waals surface area contributed by atoms with E-state index in [2.05, 4.69) is 20.2 Å². The number of carbonyl (C=O) groups excluding carboxylic acids is 2. The molecule has 47 heavy (non-hydrogen) atoms. The van der Waals surface area contributed by atoms with Gasteiger partial charge < -0.3 is 34.4 Å². The van der Waals surface area contributed by atoms with Gasteiger partial charge in [0.05, 0.1) is 19.8 Å². The third kappa shape index (κ3) is 12.1. The largest absolute Gasteiger partial charge is 0.493 e. The molecule has 0 heterocycles. The molecule has 0 aliphatic heterocycles. The number of guanidine groups is 1. The summed E-state index contributed by atoms with van der Waals surface area (Å²) in [6.45, 7) is -1.53. The van der Waals surface area contributed by atoms with Crippen LogP contribution < -0.4 is 20.1 Å². The molecule has 1 unspecified atom stereocenters. The molecule has 4 N–H and O–H groups in total. The molecule has 0 aliphatic carbocycles. The summed E-state index contributed by atoms with van der Waals surface area (Å²) in [6, 6.07) is 21.5. The van der Waals surface area contributed by atoms with Crippen molar-refractivity contribution < 1.29 is 50.7 Å². The van der Waals surface area contributed by atoms with Crippen molar-refractivity contribution in [3.05, 3.63) is 101 Å². The lowest BCUT2D eigenvalue weighted by Gasteiger charge is -2.29. The van der Waals surface area contributed by atoms with E-state index in [-0.39, 0.29) is 42.1 Å². The Labute approximate surface area is 265 Å². The molecule has 0 fully saturated rings. The molecule has 19 heteroatoms. The number of hydrogen-bond donors (Lipinski definition) is 3. The maximum Gasteiger partial charge on any atom is 0.493 e. The van der Waals surface area contributed by atoms with E-state index in [4.69, 9.17) is 35.2 Å². The van der Waals surface area contributed by atoms with Crippen LogP contribution in [0.4, 0.5) is 23.7 Å². The number of benzene rings is 3. The van der Waals surface area contributed by atoms with Gasteiger partial charge in [-0.2, -0.15) is 13.2 Å². The number of nitrogens with one attached hydrogen (secondary N) is 2. The minimum absolute atomic E-state index is 0.0441. The number of ether oxygens (including phenoxy) is 2. The Morgan fingerprint density at radius 1 is 0.979 bits per heavy atom. The molecule has 0 spiro atoms. The monoisotopic (exact) mass is 679 g/mol. The lowest BCUT2D eigenvalue weighted by Crippen LogP contribution is -2.42. The Bertz CT molecular complexity index is 1530. The third-order valence-electron chi connectivity index (χ3n) is 5.65. The van der Waals surface area contributed by atoms with Crippen LogP contribution in [0.5, 0.6) is 11.5 Å². The van der Waals surface area contributed by atoms with Crippen molar-refractivity contribution in [3.63, 3.8) is 0 Å². The van der Waals surface area contributed by atoms with Crippen LogP contribution in [-0.2, 0) is 30.1 Å². The maximum absolute atomic E-state index is 14.6. The van der Waals surface area contributed by atoms with Gasteiger partial charge in [0, 0.05) is 23.6 Å². The number of halogens is 3. The number of anilines is 1. The average molecular weight is 680 g/mol. The van der Waals surface area contributed by atoms with Gasteiger partial charge in [0.1, 0.15) is 11.5 Å². The van der Waals surface area contributed by atoms with E-state index in [1.807, 2.05) is 0 Å². The zero-order valence-corrected chi connectivity index (χ0v) is 25.3. The Morgan fingerprint density at radius 2 is 1.55 bits per heavy atom. The third-order valence-corrected chi connectivity index (χ3v) is 7.57. The number of nitrogens with zero attached hydrogens (tertiary/aromatic N) is 4. The summed E-state index contributed by atoms with van der Waals surface area (Å²) < 4.78 is 76.1. The number of amides is 1. The highest BCUT2D eigenvalue weighted by Crippen LogP contribution is 2.54. The summed E-state index contributed by atoms with van der Waals surface area (Å²) in [6.07, 6.45) is -7.53. The van der Waals surface area contributed by atoms with E-state index >= 15 is 0 Å². The predicted molar refractivity (Wildman–Crippen MR) is 161 cm³/mol. The minimum atomic E-state index is -5.49. The molecule has 1 atom stereocenters. The van der Waals surface area contributed by atoms with Crippen LogP contribution in [0.1, 0.15) is 5.56 Å². The molecule has 250 valence electrons. The van der Waals surface area contributed by atoms with E-state index in [1.165, 1.54) is 48.5 Å². The Kier molecular flexibility index (Phi) is 13.3. The molecule has 0 radical (unpaired) electrons. The molecule has 1 amide bonds. The van der Waals surface area contributed by atoms with Crippen LogP contribution in [0.25, 0.3) is 10.4 Å². The van der Waals surface area contributed by atoms with Crippen molar-refractivity contribution in [2.75, 3.05) is 31.6 Å². The molecule has 15 nitrogen and oxygen atoms in total. The zero-order chi connectivity index (χ0) is 34.3. The first-order valence-corrected chi connectivity index (χ1v) is 15.2. The topological polar surface area (TPSA) is 211 Å². The molecule has 0 bridgehead atoms. The fourth-order valence-electron chi connectivity index (χ4n) is 3.59. The lowest BCUT2D eigenvalue weighted by atomic mass is 10.1. The smallest absolute Gasteiger partial charge is 0.428 e. The van der Waals surface area contributed by atoms with Gasteiger partial charge in [-0.25, -0.2) is 14.2 Å². The first kappa shape index (κ1) is 36.0. The van der Waals surface area contributed by atoms with Gasteiger partial charge >= 0.3 is 25.8 Å². The van der Waals surface area contributed by atoms with Crippen LogP contribution in [0.15, 0.2) is 90.0 Å². The molecule has 0 saturated carbocycles. The number of nitrogens with two attached hydrogens (primary N) is 1. The quantitative estimate of drug-likeness (QED) is 0.0249. The molecular weight excluding hydrogens is 650 g/mol. The molecule has 0 aromatic heterocycles. The highest BCUT2D eigenvalue weighted by atomic mass is 31.2. The van der Waals surface area contributed by atoms with Crippen LogP contribution in [-0.4, -0.2) is 61.4 Å².